The van der Waals surface area contributed by atoms with Crippen LogP contribution < -0.4 is 0 Å². The number of nitrogens with zero attached hydrogens (tertiary/aromatic N) is 1. The lowest BCUT2D eigenvalue weighted by molar-refractivity contribution is -0.136. The van der Waals surface area contributed by atoms with E-state index in [0.29, 0.717) is 19.4 Å². The molecule has 1 aromatic carbocycles. The maximum atomic E-state index is 12.5. The van der Waals surface area contributed by atoms with Crippen molar-refractivity contribution in [2.75, 3.05) is 24.7 Å². The maximum absolute atomic E-state index is 12.5. The molecule has 140 valence electrons. The molecule has 7 nitrogen and oxygen atoms in total. The number of carbonyl (C=O) groups is 2. The van der Waals surface area contributed by atoms with E-state index in [2.05, 4.69) is 4.98 Å². The number of aromatic amines is 1. The Hall–Kier alpha value is -2.35. The van der Waals surface area contributed by atoms with Crippen LogP contribution in [-0.4, -0.2) is 60.9 Å². The Balaban J connectivity index is 1.63. The molecule has 8 heteroatoms. The first-order valence-corrected chi connectivity index (χ1v) is 10.5. The number of amides is 1. The van der Waals surface area contributed by atoms with Gasteiger partial charge < -0.3 is 14.6 Å². The zero-order chi connectivity index (χ0) is 18.7. The number of sulfone groups is 1. The van der Waals surface area contributed by atoms with Crippen molar-refractivity contribution in [1.82, 2.24) is 9.88 Å². The molecule has 0 aliphatic carbocycles. The van der Waals surface area contributed by atoms with Crippen LogP contribution in [0.3, 0.4) is 0 Å². The van der Waals surface area contributed by atoms with Gasteiger partial charge in [-0.2, -0.15) is 0 Å². The second kappa shape index (κ2) is 7.49. The zero-order valence-electron chi connectivity index (χ0n) is 14.6. The number of esters is 1. The van der Waals surface area contributed by atoms with Gasteiger partial charge in [0.15, 0.2) is 16.4 Å². The molecule has 3 rings (SSSR count). The van der Waals surface area contributed by atoms with Crippen LogP contribution >= 0.6 is 0 Å². The topological polar surface area (TPSA) is 96.5 Å². The smallest absolute Gasteiger partial charge is 0.355 e. The SMILES string of the molecule is CCCN(C(=O)COC(=O)c1cc2ccccc2[nH]1)[C@H]1CCS(=O)(=O)C1. The third kappa shape index (κ3) is 4.07. The van der Waals surface area contributed by atoms with E-state index >= 15 is 0 Å². The molecule has 0 radical (unpaired) electrons. The monoisotopic (exact) mass is 378 g/mol. The average molecular weight is 378 g/mol. The lowest BCUT2D eigenvalue weighted by Gasteiger charge is -2.27. The van der Waals surface area contributed by atoms with E-state index < -0.39 is 22.4 Å². The fourth-order valence-electron chi connectivity index (χ4n) is 3.24. The highest BCUT2D eigenvalue weighted by Gasteiger charge is 2.34. The fourth-order valence-corrected chi connectivity index (χ4v) is 4.98. The fraction of sp³-hybridized carbons (Fsp3) is 0.444. The van der Waals surface area contributed by atoms with Gasteiger partial charge in [0.2, 0.25) is 0 Å². The number of H-pyrrole nitrogens is 1. The van der Waals surface area contributed by atoms with Gasteiger partial charge in [0, 0.05) is 23.5 Å². The first-order valence-electron chi connectivity index (χ1n) is 8.64. The van der Waals surface area contributed by atoms with Gasteiger partial charge in [-0.25, -0.2) is 13.2 Å². The van der Waals surface area contributed by atoms with Crippen LogP contribution in [-0.2, 0) is 19.4 Å². The van der Waals surface area contributed by atoms with Crippen LogP contribution in [0.1, 0.15) is 30.3 Å². The summed E-state index contributed by atoms with van der Waals surface area (Å²) in [5.41, 5.74) is 1.10. The normalized spacial score (nSPS) is 18.7. The Morgan fingerprint density at radius 3 is 2.73 bits per heavy atom. The van der Waals surface area contributed by atoms with Crippen molar-refractivity contribution in [1.29, 1.82) is 0 Å². The molecule has 1 fully saturated rings. The standard InChI is InChI=1S/C18H22N2O5S/c1-2-8-20(14-7-9-26(23,24)12-14)17(21)11-25-18(22)16-10-13-5-3-4-6-15(13)19-16/h3-6,10,14,19H,2,7-9,11-12H2,1H3/t14-/m0/s1. The van der Waals surface area contributed by atoms with Gasteiger partial charge >= 0.3 is 5.97 Å². The molecule has 0 bridgehead atoms. The summed E-state index contributed by atoms with van der Waals surface area (Å²) in [6.45, 7) is 1.97. The number of rotatable bonds is 6. The number of hydrogen-bond acceptors (Lipinski definition) is 5. The molecule has 1 aromatic heterocycles. The van der Waals surface area contributed by atoms with Gasteiger partial charge in [0.1, 0.15) is 5.69 Å². The number of hydrogen-bond donors (Lipinski definition) is 1. The molecule has 2 heterocycles. The molecule has 0 saturated carbocycles. The maximum Gasteiger partial charge on any atom is 0.355 e. The van der Waals surface area contributed by atoms with Crippen molar-refractivity contribution < 1.29 is 22.7 Å². The molecule has 1 N–H and O–H groups in total. The molecule has 1 atom stereocenters. The third-order valence-corrected chi connectivity index (χ3v) is 6.26. The number of para-hydroxylation sites is 1. The second-order valence-corrected chi connectivity index (χ2v) is 8.72. The first-order chi connectivity index (χ1) is 12.4. The average Bonchev–Trinajstić information content (AvgIpc) is 3.20. The van der Waals surface area contributed by atoms with Crippen LogP contribution in [0.25, 0.3) is 10.9 Å². The minimum Gasteiger partial charge on any atom is -0.451 e. The van der Waals surface area contributed by atoms with Crippen LogP contribution in [0.4, 0.5) is 0 Å². The molecule has 1 aliphatic heterocycles. The zero-order valence-corrected chi connectivity index (χ0v) is 15.4. The first kappa shape index (κ1) is 18.4. The number of aromatic nitrogens is 1. The van der Waals surface area contributed by atoms with Crippen LogP contribution in [0.15, 0.2) is 30.3 Å². The predicted octanol–water partition coefficient (Wildman–Crippen LogP) is 1.75. The Labute approximate surface area is 152 Å². The summed E-state index contributed by atoms with van der Waals surface area (Å²) in [6, 6.07) is 8.79. The van der Waals surface area contributed by atoms with Crippen molar-refractivity contribution in [3.05, 3.63) is 36.0 Å². The van der Waals surface area contributed by atoms with Crippen molar-refractivity contribution in [3.63, 3.8) is 0 Å². The number of ether oxygens (including phenoxy) is 1. The van der Waals surface area contributed by atoms with Gasteiger partial charge in [0.05, 0.1) is 11.5 Å². The molecular weight excluding hydrogens is 356 g/mol. The second-order valence-electron chi connectivity index (χ2n) is 6.49. The summed E-state index contributed by atoms with van der Waals surface area (Å²) < 4.78 is 28.5. The number of carbonyl (C=O) groups excluding carboxylic acids is 2. The molecule has 0 spiro atoms. The lowest BCUT2D eigenvalue weighted by Crippen LogP contribution is -2.43. The Bertz CT molecular complexity index is 886. The summed E-state index contributed by atoms with van der Waals surface area (Å²) in [4.78, 5) is 29.2. The van der Waals surface area contributed by atoms with Crippen LogP contribution in [0, 0.1) is 0 Å². The highest BCUT2D eigenvalue weighted by Crippen LogP contribution is 2.19. The van der Waals surface area contributed by atoms with Crippen molar-refractivity contribution >= 4 is 32.6 Å². The van der Waals surface area contributed by atoms with Gasteiger partial charge in [-0.05, 0) is 25.0 Å². The molecule has 2 aromatic rings. The highest BCUT2D eigenvalue weighted by atomic mass is 32.2. The molecular formula is C18H22N2O5S. The van der Waals surface area contributed by atoms with E-state index in [1.807, 2.05) is 31.2 Å². The number of fused-ring (bicyclic) bond motifs is 1. The molecule has 1 amide bonds. The molecule has 1 aliphatic rings. The summed E-state index contributed by atoms with van der Waals surface area (Å²) in [5.74, 6) is -0.891. The van der Waals surface area contributed by atoms with E-state index in [1.165, 1.54) is 4.90 Å². The number of nitrogens with one attached hydrogen (secondary N) is 1. The van der Waals surface area contributed by atoms with Gasteiger partial charge in [0.25, 0.3) is 5.91 Å². The summed E-state index contributed by atoms with van der Waals surface area (Å²) >= 11 is 0. The van der Waals surface area contributed by atoms with E-state index in [4.69, 9.17) is 4.74 Å². The quantitative estimate of drug-likeness (QED) is 0.773. The largest absolute Gasteiger partial charge is 0.451 e. The van der Waals surface area contributed by atoms with E-state index in [1.54, 1.807) is 6.07 Å². The van der Waals surface area contributed by atoms with Crippen molar-refractivity contribution in [2.45, 2.75) is 25.8 Å². The van der Waals surface area contributed by atoms with Crippen molar-refractivity contribution in [3.8, 4) is 0 Å². The van der Waals surface area contributed by atoms with Gasteiger partial charge in [-0.15, -0.1) is 0 Å². The Morgan fingerprint density at radius 1 is 1.31 bits per heavy atom. The van der Waals surface area contributed by atoms with Gasteiger partial charge in [-0.1, -0.05) is 25.1 Å². The highest BCUT2D eigenvalue weighted by molar-refractivity contribution is 7.91. The third-order valence-electron chi connectivity index (χ3n) is 4.51. The van der Waals surface area contributed by atoms with E-state index in [-0.39, 0.29) is 29.1 Å². The molecule has 1 saturated heterocycles. The Morgan fingerprint density at radius 2 is 2.08 bits per heavy atom. The minimum absolute atomic E-state index is 0.0191. The lowest BCUT2D eigenvalue weighted by atomic mass is 10.2. The van der Waals surface area contributed by atoms with Crippen LogP contribution in [0.5, 0.6) is 0 Å². The predicted molar refractivity (Wildman–Crippen MR) is 97.6 cm³/mol. The van der Waals surface area contributed by atoms with Crippen molar-refractivity contribution in [2.24, 2.45) is 0 Å². The van der Waals surface area contributed by atoms with E-state index in [0.717, 1.165) is 10.9 Å². The summed E-state index contributed by atoms with van der Waals surface area (Å²) in [7, 11) is -3.09. The summed E-state index contributed by atoms with van der Waals surface area (Å²) in [6.07, 6.45) is 1.14. The Kier molecular flexibility index (Phi) is 5.31. The number of benzene rings is 1. The van der Waals surface area contributed by atoms with Crippen LogP contribution in [0.2, 0.25) is 0 Å². The van der Waals surface area contributed by atoms with Gasteiger partial charge in [-0.3, -0.25) is 4.79 Å². The molecule has 26 heavy (non-hydrogen) atoms. The molecule has 0 unspecified atom stereocenters. The van der Waals surface area contributed by atoms with E-state index in [9.17, 15) is 18.0 Å². The summed E-state index contributed by atoms with van der Waals surface area (Å²) in [5, 5.41) is 0.884. The minimum atomic E-state index is -3.09.